The Labute approximate surface area is 352 Å². The van der Waals surface area contributed by atoms with Crippen molar-refractivity contribution in [3.05, 3.63) is 18.7 Å². The van der Waals surface area contributed by atoms with Crippen LogP contribution in [-0.4, -0.2) is 70.4 Å². The van der Waals surface area contributed by atoms with Crippen LogP contribution in [0.4, 0.5) is 0 Å². The third-order valence-corrected chi connectivity index (χ3v) is 11.8. The first-order valence-corrected chi connectivity index (χ1v) is 24.6. The van der Waals surface area contributed by atoms with Crippen molar-refractivity contribution < 1.29 is 24.2 Å². The zero-order chi connectivity index (χ0) is 41.4. The van der Waals surface area contributed by atoms with Crippen LogP contribution in [-0.2, 0) is 25.6 Å². The summed E-state index contributed by atoms with van der Waals surface area (Å²) in [5, 5.41) is 11.0. The van der Waals surface area contributed by atoms with E-state index in [0.29, 0.717) is 26.2 Å². The lowest BCUT2D eigenvalue weighted by Crippen LogP contribution is -2.35. The molecule has 0 amide bonds. The number of nitrogens with zero attached hydrogens (tertiary/aromatic N) is 3. The third-order valence-electron chi connectivity index (χ3n) is 11.8. The fraction of sp³-hybridized carbons (Fsp3) is 0.898. The van der Waals surface area contributed by atoms with Gasteiger partial charge >= 0.3 is 11.9 Å². The second kappa shape index (κ2) is 39.5. The molecule has 0 saturated carbocycles. The van der Waals surface area contributed by atoms with Crippen LogP contribution in [0.15, 0.2) is 18.7 Å². The second-order valence-electron chi connectivity index (χ2n) is 17.2. The molecule has 1 aromatic heterocycles. The monoisotopic (exact) mass is 804 g/mol. The smallest absolute Gasteiger partial charge is 0.308 e. The number of rotatable bonds is 43. The van der Waals surface area contributed by atoms with Crippen LogP contribution < -0.4 is 0 Å². The van der Waals surface area contributed by atoms with Gasteiger partial charge in [-0.05, 0) is 64.3 Å². The molecule has 1 N–H and O–H groups in total. The van der Waals surface area contributed by atoms with Crippen LogP contribution in [0.1, 0.15) is 227 Å². The molecule has 0 bridgehead atoms. The lowest BCUT2D eigenvalue weighted by atomic mass is 9.94. The predicted molar refractivity (Wildman–Crippen MR) is 239 cm³/mol. The van der Waals surface area contributed by atoms with Crippen LogP contribution in [0.25, 0.3) is 0 Å². The molecule has 0 aliphatic rings. The summed E-state index contributed by atoms with van der Waals surface area (Å²) >= 11 is 0. The summed E-state index contributed by atoms with van der Waals surface area (Å²) in [7, 11) is 0. The zero-order valence-corrected chi connectivity index (χ0v) is 38.0. The molecule has 0 aromatic carbocycles. The lowest BCUT2D eigenvalue weighted by molar-refractivity contribution is -0.150. The molecule has 1 heterocycles. The minimum Gasteiger partial charge on any atom is -0.465 e. The van der Waals surface area contributed by atoms with E-state index in [2.05, 4.69) is 42.1 Å². The molecular weight excluding hydrogens is 711 g/mol. The summed E-state index contributed by atoms with van der Waals surface area (Å²) in [4.78, 5) is 32.6. The first-order valence-electron chi connectivity index (χ1n) is 24.6. The quantitative estimate of drug-likeness (QED) is 0.0519. The second-order valence-corrected chi connectivity index (χ2v) is 17.2. The minimum absolute atomic E-state index is 0.00468. The lowest BCUT2D eigenvalue weighted by Gasteiger charge is -2.25. The average molecular weight is 804 g/mol. The summed E-state index contributed by atoms with van der Waals surface area (Å²) in [5.41, 5.74) is 0. The maximum absolute atomic E-state index is 13.0. The molecule has 1 rings (SSSR count). The fourth-order valence-corrected chi connectivity index (χ4v) is 7.95. The highest BCUT2D eigenvalue weighted by molar-refractivity contribution is 5.72. The van der Waals surface area contributed by atoms with Crippen molar-refractivity contribution in [2.75, 3.05) is 32.8 Å². The van der Waals surface area contributed by atoms with Gasteiger partial charge in [0, 0.05) is 32.0 Å². The highest BCUT2D eigenvalue weighted by Crippen LogP contribution is 2.22. The first kappa shape index (κ1) is 53.1. The van der Waals surface area contributed by atoms with E-state index in [0.717, 1.165) is 110 Å². The Morgan fingerprint density at radius 1 is 0.544 bits per heavy atom. The Hall–Kier alpha value is -1.93. The van der Waals surface area contributed by atoms with Crippen LogP contribution in [0.5, 0.6) is 0 Å². The Balaban J connectivity index is 2.42. The van der Waals surface area contributed by atoms with E-state index in [1.54, 1.807) is 0 Å². The van der Waals surface area contributed by atoms with Gasteiger partial charge in [-0.3, -0.25) is 14.5 Å². The predicted octanol–water partition coefficient (Wildman–Crippen LogP) is 13.0. The van der Waals surface area contributed by atoms with Crippen LogP contribution >= 0.6 is 0 Å². The number of carbonyl (C=O) groups excluding carboxylic acids is 2. The number of ether oxygens (including phenoxy) is 2. The molecular formula is C49H93N3O5. The fourth-order valence-electron chi connectivity index (χ4n) is 7.95. The molecule has 3 unspecified atom stereocenters. The zero-order valence-electron chi connectivity index (χ0n) is 38.0. The van der Waals surface area contributed by atoms with Crippen molar-refractivity contribution in [2.24, 2.45) is 11.8 Å². The number of aliphatic hydroxyl groups excluding tert-OH is 1. The van der Waals surface area contributed by atoms with Crippen molar-refractivity contribution in [1.29, 1.82) is 0 Å². The van der Waals surface area contributed by atoms with Gasteiger partial charge in [0.2, 0.25) is 0 Å². The summed E-state index contributed by atoms with van der Waals surface area (Å²) in [6.07, 6.45) is 40.1. The van der Waals surface area contributed by atoms with Crippen LogP contribution in [0, 0.1) is 11.8 Å². The van der Waals surface area contributed by atoms with Crippen molar-refractivity contribution >= 4 is 11.9 Å². The summed E-state index contributed by atoms with van der Waals surface area (Å²) in [6, 6.07) is 0. The molecule has 0 aliphatic carbocycles. The van der Waals surface area contributed by atoms with Crippen molar-refractivity contribution in [3.8, 4) is 0 Å². The van der Waals surface area contributed by atoms with Crippen LogP contribution in [0.2, 0.25) is 0 Å². The van der Waals surface area contributed by atoms with Gasteiger partial charge < -0.3 is 19.1 Å². The maximum Gasteiger partial charge on any atom is 0.308 e. The van der Waals surface area contributed by atoms with E-state index in [4.69, 9.17) is 9.47 Å². The first-order chi connectivity index (χ1) is 27.9. The van der Waals surface area contributed by atoms with Crippen molar-refractivity contribution in [1.82, 2.24) is 14.5 Å². The molecule has 3 atom stereocenters. The van der Waals surface area contributed by atoms with Gasteiger partial charge in [0.1, 0.15) is 0 Å². The molecule has 0 aliphatic heterocycles. The van der Waals surface area contributed by atoms with E-state index >= 15 is 0 Å². The largest absolute Gasteiger partial charge is 0.465 e. The summed E-state index contributed by atoms with van der Waals surface area (Å²) in [5.74, 6) is 0.129. The standard InChI is InChI=1S/C49H93N3O5/c1-5-9-13-17-19-25-33-45(31-23-15-11-7-3)48(54)56-41-29-22-21-28-37-51(39-40-52-38-36-50-44-52)43-47(53)35-27-30-42-57-49(55)46(32-24-16-12-8-4)34-26-20-18-14-10-6-2/h36,38,44-47,53H,5-35,37,39-43H2,1-4H3. The Bertz CT molecular complexity index is 1010. The van der Waals surface area contributed by atoms with Crippen molar-refractivity contribution in [3.63, 3.8) is 0 Å². The molecule has 1 aromatic rings. The molecule has 8 heteroatoms. The number of unbranched alkanes of at least 4 members (excludes halogenated alkanes) is 20. The topological polar surface area (TPSA) is 93.9 Å². The number of imidazole rings is 1. The van der Waals surface area contributed by atoms with Gasteiger partial charge in [-0.1, -0.05) is 169 Å². The van der Waals surface area contributed by atoms with E-state index in [1.807, 2.05) is 18.7 Å². The summed E-state index contributed by atoms with van der Waals surface area (Å²) in [6.45, 7) is 13.2. The molecule has 0 saturated heterocycles. The number of hydrogen-bond acceptors (Lipinski definition) is 7. The van der Waals surface area contributed by atoms with Crippen LogP contribution in [0.3, 0.4) is 0 Å². The van der Waals surface area contributed by atoms with E-state index in [-0.39, 0.29) is 23.8 Å². The Morgan fingerprint density at radius 3 is 1.42 bits per heavy atom. The maximum atomic E-state index is 13.0. The molecule has 57 heavy (non-hydrogen) atoms. The number of hydrogen-bond donors (Lipinski definition) is 1. The minimum atomic E-state index is -0.409. The Kier molecular flexibility index (Phi) is 36.8. The third kappa shape index (κ3) is 31.6. The number of carbonyl (C=O) groups is 2. The van der Waals surface area contributed by atoms with E-state index < -0.39 is 6.10 Å². The van der Waals surface area contributed by atoms with E-state index in [1.165, 1.54) is 103 Å². The Morgan fingerprint density at radius 2 is 0.947 bits per heavy atom. The SMILES string of the molecule is CCCCCCCCC(CCCCCC)C(=O)OCCCCCCN(CCn1ccnc1)CC(O)CCCCOC(=O)C(CCCCCC)CCCCCCCC. The molecule has 8 nitrogen and oxygen atoms in total. The number of esters is 2. The molecule has 334 valence electrons. The van der Waals surface area contributed by atoms with Gasteiger partial charge in [-0.25, -0.2) is 4.98 Å². The highest BCUT2D eigenvalue weighted by atomic mass is 16.5. The van der Waals surface area contributed by atoms with Gasteiger partial charge in [-0.2, -0.15) is 0 Å². The van der Waals surface area contributed by atoms with Crippen molar-refractivity contribution in [2.45, 2.75) is 239 Å². The molecule has 0 spiro atoms. The van der Waals surface area contributed by atoms with Gasteiger partial charge in [0.15, 0.2) is 0 Å². The number of aliphatic hydroxyl groups is 1. The number of aromatic nitrogens is 2. The average Bonchev–Trinajstić information content (AvgIpc) is 3.74. The molecule has 0 fully saturated rings. The normalized spacial score (nSPS) is 13.2. The molecule has 0 radical (unpaired) electrons. The van der Waals surface area contributed by atoms with E-state index in [9.17, 15) is 14.7 Å². The van der Waals surface area contributed by atoms with Gasteiger partial charge in [0.05, 0.1) is 37.5 Å². The van der Waals surface area contributed by atoms with Gasteiger partial charge in [0.25, 0.3) is 0 Å². The summed E-state index contributed by atoms with van der Waals surface area (Å²) < 4.78 is 13.7. The van der Waals surface area contributed by atoms with Gasteiger partial charge in [-0.15, -0.1) is 0 Å². The highest BCUT2D eigenvalue weighted by Gasteiger charge is 2.21.